The molecule has 92 valence electrons. The lowest BCUT2D eigenvalue weighted by Crippen LogP contribution is -2.02. The summed E-state index contributed by atoms with van der Waals surface area (Å²) in [6.07, 6.45) is 3.16. The van der Waals surface area contributed by atoms with Gasteiger partial charge in [0.15, 0.2) is 5.78 Å². The van der Waals surface area contributed by atoms with Gasteiger partial charge in [-0.25, -0.2) is 0 Å². The molecule has 3 aromatic rings. The predicted octanol–water partition coefficient (Wildman–Crippen LogP) is 3.79. The second-order valence-corrected chi connectivity index (χ2v) is 4.42. The molecule has 0 aliphatic rings. The van der Waals surface area contributed by atoms with Crippen LogP contribution in [-0.4, -0.2) is 10.8 Å². The van der Waals surface area contributed by atoms with Crippen molar-refractivity contribution >= 4 is 29.0 Å². The van der Waals surface area contributed by atoms with Gasteiger partial charge < -0.3 is 4.42 Å². The summed E-state index contributed by atoms with van der Waals surface area (Å²) in [7, 11) is 0. The lowest BCUT2D eigenvalue weighted by Gasteiger charge is -2.03. The van der Waals surface area contributed by atoms with Gasteiger partial charge >= 0.3 is 0 Å². The molecule has 0 atom stereocenters. The molecule has 0 fully saturated rings. The molecule has 0 bridgehead atoms. The third kappa shape index (κ3) is 2.18. The van der Waals surface area contributed by atoms with E-state index in [0.29, 0.717) is 16.7 Å². The second kappa shape index (κ2) is 4.74. The average molecular weight is 267 g/mol. The van der Waals surface area contributed by atoms with E-state index in [1.165, 1.54) is 0 Å². The first-order chi connectivity index (χ1) is 9.25. The van der Waals surface area contributed by atoms with E-state index >= 15 is 0 Å². The van der Waals surface area contributed by atoms with E-state index in [4.69, 9.17) is 16.6 Å². The molecule has 0 spiro atoms. The van der Waals surface area contributed by atoms with E-state index in [0.717, 1.165) is 5.39 Å². The number of fused-ring (bicyclic) bond motifs is 1. The third-order valence-corrected chi connectivity index (χ3v) is 3.13. The Labute approximate surface area is 114 Å². The van der Waals surface area contributed by atoms with Crippen molar-refractivity contribution in [2.75, 3.05) is 0 Å². The Morgan fingerprint density at radius 3 is 2.63 bits per heavy atom. The maximum atomic E-state index is 12.4. The maximum absolute atomic E-state index is 12.4. The van der Waals surface area contributed by atoms with E-state index in [-0.39, 0.29) is 10.5 Å². The molecule has 0 aliphatic heterocycles. The average Bonchev–Trinajstić information content (AvgIpc) is 2.47. The molecule has 19 heavy (non-hydrogen) atoms. The highest BCUT2D eigenvalue weighted by Gasteiger charge is 2.13. The van der Waals surface area contributed by atoms with E-state index in [1.807, 2.05) is 24.3 Å². The van der Waals surface area contributed by atoms with Crippen molar-refractivity contribution in [1.29, 1.82) is 0 Å². The highest BCUT2D eigenvalue weighted by molar-refractivity contribution is 7.71. The van der Waals surface area contributed by atoms with Gasteiger partial charge in [0.25, 0.3) is 0 Å². The molecular formula is C15H9NO2S. The zero-order valence-electron chi connectivity index (χ0n) is 9.87. The molecule has 1 aromatic carbocycles. The van der Waals surface area contributed by atoms with E-state index in [2.05, 4.69) is 4.98 Å². The first-order valence-corrected chi connectivity index (χ1v) is 6.14. The molecule has 0 saturated carbocycles. The third-order valence-electron chi connectivity index (χ3n) is 2.83. The zero-order chi connectivity index (χ0) is 13.2. The normalized spacial score (nSPS) is 10.5. The Kier molecular flexibility index (Phi) is 2.93. The summed E-state index contributed by atoms with van der Waals surface area (Å²) in [4.78, 5) is 16.2. The maximum Gasteiger partial charge on any atom is 0.202 e. The van der Waals surface area contributed by atoms with Crippen molar-refractivity contribution in [3.05, 3.63) is 70.7 Å². The van der Waals surface area contributed by atoms with Crippen LogP contribution in [0.15, 0.2) is 59.3 Å². The van der Waals surface area contributed by atoms with Crippen molar-refractivity contribution in [2.45, 2.75) is 0 Å². The first kappa shape index (κ1) is 11.7. The highest BCUT2D eigenvalue weighted by atomic mass is 32.1. The van der Waals surface area contributed by atoms with Crippen molar-refractivity contribution in [2.24, 2.45) is 0 Å². The fourth-order valence-corrected chi connectivity index (χ4v) is 2.12. The number of rotatable bonds is 2. The quantitative estimate of drug-likeness (QED) is 0.523. The molecule has 0 saturated heterocycles. The highest BCUT2D eigenvalue weighted by Crippen LogP contribution is 2.19. The summed E-state index contributed by atoms with van der Waals surface area (Å²) in [5, 5.41) is 0.855. The van der Waals surface area contributed by atoms with Crippen LogP contribution in [0.1, 0.15) is 15.9 Å². The Morgan fingerprint density at radius 1 is 1.11 bits per heavy atom. The number of aromatic nitrogens is 1. The minimum atomic E-state index is -0.151. The molecule has 2 aromatic heterocycles. The van der Waals surface area contributed by atoms with Gasteiger partial charge in [-0.05, 0) is 36.5 Å². The van der Waals surface area contributed by atoms with Crippen molar-refractivity contribution in [3.8, 4) is 0 Å². The number of para-hydroxylation sites is 1. The SMILES string of the molecule is O=C(c1ccncc1)c1cc2ccccc2oc1=S. The number of nitrogens with zero attached hydrogens (tertiary/aromatic N) is 1. The van der Waals surface area contributed by atoms with E-state index in [1.54, 1.807) is 30.6 Å². The van der Waals surface area contributed by atoms with Gasteiger partial charge in [0.2, 0.25) is 4.71 Å². The van der Waals surface area contributed by atoms with Crippen LogP contribution >= 0.6 is 12.2 Å². The summed E-state index contributed by atoms with van der Waals surface area (Å²) in [6.45, 7) is 0. The minimum absolute atomic E-state index is 0.151. The Hall–Kier alpha value is -2.33. The van der Waals surface area contributed by atoms with E-state index < -0.39 is 0 Å². The number of hydrogen-bond acceptors (Lipinski definition) is 4. The Morgan fingerprint density at radius 2 is 1.84 bits per heavy atom. The van der Waals surface area contributed by atoms with Crippen LogP contribution in [0.4, 0.5) is 0 Å². The molecule has 3 nitrogen and oxygen atoms in total. The zero-order valence-corrected chi connectivity index (χ0v) is 10.7. The molecule has 0 amide bonds. The number of carbonyl (C=O) groups excluding carboxylic acids is 1. The molecule has 0 unspecified atom stereocenters. The van der Waals surface area contributed by atoms with Crippen LogP contribution in [0, 0.1) is 4.71 Å². The molecule has 3 rings (SSSR count). The van der Waals surface area contributed by atoms with Crippen LogP contribution < -0.4 is 0 Å². The fourth-order valence-electron chi connectivity index (χ4n) is 1.88. The van der Waals surface area contributed by atoms with Crippen molar-refractivity contribution in [1.82, 2.24) is 4.98 Å². The minimum Gasteiger partial charge on any atom is -0.444 e. The summed E-state index contributed by atoms with van der Waals surface area (Å²) in [6, 6.07) is 12.6. The summed E-state index contributed by atoms with van der Waals surface area (Å²) < 4.78 is 5.72. The topological polar surface area (TPSA) is 43.1 Å². The van der Waals surface area contributed by atoms with Crippen LogP contribution in [0.3, 0.4) is 0 Å². The predicted molar refractivity (Wildman–Crippen MR) is 74.7 cm³/mol. The molecule has 0 aliphatic carbocycles. The molecule has 0 radical (unpaired) electrons. The van der Waals surface area contributed by atoms with Gasteiger partial charge in [0, 0.05) is 23.3 Å². The van der Waals surface area contributed by atoms with Crippen LogP contribution in [-0.2, 0) is 0 Å². The van der Waals surface area contributed by atoms with Crippen LogP contribution in [0.2, 0.25) is 0 Å². The smallest absolute Gasteiger partial charge is 0.202 e. The van der Waals surface area contributed by atoms with Crippen LogP contribution in [0.25, 0.3) is 11.0 Å². The Balaban J connectivity index is 2.18. The summed E-state index contributed by atoms with van der Waals surface area (Å²) in [5.74, 6) is -0.151. The first-order valence-electron chi connectivity index (χ1n) is 5.73. The number of hydrogen-bond donors (Lipinski definition) is 0. The number of ketones is 1. The molecule has 4 heteroatoms. The number of carbonyl (C=O) groups is 1. The largest absolute Gasteiger partial charge is 0.444 e. The lowest BCUT2D eigenvalue weighted by atomic mass is 10.1. The monoisotopic (exact) mass is 267 g/mol. The summed E-state index contributed by atoms with van der Waals surface area (Å²) >= 11 is 5.15. The molecule has 0 N–H and O–H groups in total. The number of benzene rings is 1. The van der Waals surface area contributed by atoms with Gasteiger partial charge in [-0.2, -0.15) is 0 Å². The van der Waals surface area contributed by atoms with Crippen molar-refractivity contribution < 1.29 is 9.21 Å². The number of pyridine rings is 1. The van der Waals surface area contributed by atoms with Crippen molar-refractivity contribution in [3.63, 3.8) is 0 Å². The summed E-state index contributed by atoms with van der Waals surface area (Å²) in [5.41, 5.74) is 1.63. The van der Waals surface area contributed by atoms with E-state index in [9.17, 15) is 4.79 Å². The fraction of sp³-hybridized carbons (Fsp3) is 0. The van der Waals surface area contributed by atoms with Gasteiger partial charge in [-0.15, -0.1) is 0 Å². The Bertz CT molecular complexity index is 809. The van der Waals surface area contributed by atoms with Gasteiger partial charge in [0.05, 0.1) is 5.56 Å². The van der Waals surface area contributed by atoms with Gasteiger partial charge in [0.1, 0.15) is 5.58 Å². The molecular weight excluding hydrogens is 258 g/mol. The standard InChI is InChI=1S/C15H9NO2S/c17-14(10-5-7-16-8-6-10)12-9-11-3-1-2-4-13(11)18-15(12)19/h1-9H. The van der Waals surface area contributed by atoms with Gasteiger partial charge in [-0.3, -0.25) is 9.78 Å². The van der Waals surface area contributed by atoms with Gasteiger partial charge in [-0.1, -0.05) is 18.2 Å². The molecule has 2 heterocycles. The van der Waals surface area contributed by atoms with Crippen LogP contribution in [0.5, 0.6) is 0 Å². The lowest BCUT2D eigenvalue weighted by molar-refractivity contribution is 0.103. The second-order valence-electron chi connectivity index (χ2n) is 4.05.